The van der Waals surface area contributed by atoms with Gasteiger partial charge in [0.15, 0.2) is 0 Å². The van der Waals surface area contributed by atoms with Gasteiger partial charge in [-0.2, -0.15) is 0 Å². The Morgan fingerprint density at radius 3 is 2.81 bits per heavy atom. The minimum atomic E-state index is -4.91. The van der Waals surface area contributed by atoms with E-state index in [1.807, 2.05) is 0 Å². The van der Waals surface area contributed by atoms with E-state index in [0.29, 0.717) is 6.54 Å². The van der Waals surface area contributed by atoms with Crippen LogP contribution in [0.25, 0.3) is 0 Å². The molecule has 1 aliphatic heterocycles. The maximum absolute atomic E-state index is 12.3. The quantitative estimate of drug-likeness (QED) is 0.713. The third-order valence-corrected chi connectivity index (χ3v) is 2.33. The summed E-state index contributed by atoms with van der Waals surface area (Å²) in [6, 6.07) is -0.822. The zero-order chi connectivity index (χ0) is 12.2. The number of rotatable bonds is 4. The fourth-order valence-corrected chi connectivity index (χ4v) is 1.66. The predicted octanol–water partition coefficient (Wildman–Crippen LogP) is 0.210. The average Bonchev–Trinajstić information content (AvgIpc) is 2.16. The highest BCUT2D eigenvalue weighted by Crippen LogP contribution is 2.15. The van der Waals surface area contributed by atoms with Crippen molar-refractivity contribution in [3.8, 4) is 0 Å². The standard InChI is InChI=1S/C8H15BF3N2O2/c1-2-13-8(15)7-5-16-4-3-14(7)6-9(10,11)12/h7H,2-6H2,1H3,(H,13,15)/q-1. The van der Waals surface area contributed by atoms with Crippen LogP contribution in [-0.4, -0.2) is 56.6 Å². The van der Waals surface area contributed by atoms with Gasteiger partial charge >= 0.3 is 6.98 Å². The molecule has 4 nitrogen and oxygen atoms in total. The number of carbonyl (C=O) groups is 1. The predicted molar refractivity (Wildman–Crippen MR) is 53.9 cm³/mol. The molecule has 8 heteroatoms. The molecule has 0 aromatic rings. The SMILES string of the molecule is CCNC(=O)C1COCCN1C[B-](F)(F)F. The van der Waals surface area contributed by atoms with Crippen LogP contribution >= 0.6 is 0 Å². The first kappa shape index (κ1) is 13.3. The monoisotopic (exact) mass is 239 g/mol. The largest absolute Gasteiger partial charge is 0.492 e. The Morgan fingerprint density at radius 2 is 2.25 bits per heavy atom. The van der Waals surface area contributed by atoms with Crippen LogP contribution < -0.4 is 5.32 Å². The topological polar surface area (TPSA) is 41.6 Å². The van der Waals surface area contributed by atoms with Gasteiger partial charge in [0.1, 0.15) is 6.04 Å². The highest BCUT2D eigenvalue weighted by Gasteiger charge is 2.35. The number of hydrogen-bond acceptors (Lipinski definition) is 3. The molecule has 94 valence electrons. The van der Waals surface area contributed by atoms with Crippen molar-refractivity contribution in [3.05, 3.63) is 0 Å². The molecule has 1 N–H and O–H groups in total. The molecule has 1 rings (SSSR count). The lowest BCUT2D eigenvalue weighted by Crippen LogP contribution is -2.56. The lowest BCUT2D eigenvalue weighted by atomic mass is 9.90. The Hall–Kier alpha value is -0.755. The Bertz CT molecular complexity index is 250. The van der Waals surface area contributed by atoms with Crippen LogP contribution in [0.2, 0.25) is 0 Å². The normalized spacial score (nSPS) is 23.1. The number of hydrogen-bond donors (Lipinski definition) is 1. The lowest BCUT2D eigenvalue weighted by molar-refractivity contribution is -0.131. The molecule has 0 aromatic heterocycles. The molecule has 1 atom stereocenters. The molecule has 1 heterocycles. The van der Waals surface area contributed by atoms with Crippen molar-refractivity contribution >= 4 is 12.9 Å². The molecule has 1 unspecified atom stereocenters. The van der Waals surface area contributed by atoms with Crippen LogP contribution in [-0.2, 0) is 9.53 Å². The minimum absolute atomic E-state index is 0.0258. The Morgan fingerprint density at radius 1 is 1.56 bits per heavy atom. The van der Waals surface area contributed by atoms with E-state index in [0.717, 1.165) is 4.90 Å². The Kier molecular flexibility index (Phi) is 4.61. The van der Waals surface area contributed by atoms with E-state index >= 15 is 0 Å². The van der Waals surface area contributed by atoms with Crippen molar-refractivity contribution in [2.24, 2.45) is 0 Å². The first-order valence-corrected chi connectivity index (χ1v) is 5.24. The number of nitrogens with zero attached hydrogens (tertiary/aromatic N) is 1. The summed E-state index contributed by atoms with van der Waals surface area (Å²) in [6.45, 7) is -2.38. The highest BCUT2D eigenvalue weighted by atomic mass is 19.4. The van der Waals surface area contributed by atoms with E-state index in [-0.39, 0.29) is 19.8 Å². The van der Waals surface area contributed by atoms with Crippen molar-refractivity contribution in [2.75, 3.05) is 32.7 Å². The summed E-state index contributed by atoms with van der Waals surface area (Å²) in [4.78, 5) is 12.6. The van der Waals surface area contributed by atoms with Gasteiger partial charge in [-0.15, -0.1) is 0 Å². The van der Waals surface area contributed by atoms with Crippen LogP contribution in [0.15, 0.2) is 0 Å². The zero-order valence-electron chi connectivity index (χ0n) is 9.09. The molecule has 1 fully saturated rings. The summed E-state index contributed by atoms with van der Waals surface area (Å²) in [7, 11) is 0. The molecule has 0 aromatic carbocycles. The second-order valence-corrected chi connectivity index (χ2v) is 3.69. The van der Waals surface area contributed by atoms with Crippen LogP contribution in [0.5, 0.6) is 0 Å². The van der Waals surface area contributed by atoms with Crippen molar-refractivity contribution in [2.45, 2.75) is 13.0 Å². The molecular formula is C8H15BF3N2O2-. The van der Waals surface area contributed by atoms with Crippen LogP contribution in [0.4, 0.5) is 12.9 Å². The van der Waals surface area contributed by atoms with Gasteiger partial charge in [0.25, 0.3) is 0 Å². The molecule has 1 aliphatic rings. The number of amides is 1. The molecule has 0 saturated carbocycles. The van der Waals surface area contributed by atoms with E-state index in [9.17, 15) is 17.7 Å². The van der Waals surface area contributed by atoms with Crippen molar-refractivity contribution in [1.82, 2.24) is 10.2 Å². The van der Waals surface area contributed by atoms with Crippen molar-refractivity contribution < 1.29 is 22.5 Å². The molecule has 16 heavy (non-hydrogen) atoms. The Labute approximate surface area is 92.2 Å². The molecule has 0 bridgehead atoms. The number of ether oxygens (including phenoxy) is 1. The molecule has 0 aliphatic carbocycles. The molecule has 0 radical (unpaired) electrons. The number of halogens is 3. The second-order valence-electron chi connectivity index (χ2n) is 3.69. The first-order valence-electron chi connectivity index (χ1n) is 5.24. The number of nitrogens with one attached hydrogen (secondary N) is 1. The first-order chi connectivity index (χ1) is 7.44. The lowest BCUT2D eigenvalue weighted by Gasteiger charge is -2.37. The second kappa shape index (κ2) is 5.54. The third kappa shape index (κ3) is 4.01. The van der Waals surface area contributed by atoms with Gasteiger partial charge in [-0.3, -0.25) is 4.79 Å². The summed E-state index contributed by atoms with van der Waals surface area (Å²) in [5, 5.41) is 2.51. The smallest absolute Gasteiger partial charge is 0.448 e. The summed E-state index contributed by atoms with van der Waals surface area (Å²) < 4.78 is 42.0. The zero-order valence-corrected chi connectivity index (χ0v) is 9.09. The van der Waals surface area contributed by atoms with Crippen LogP contribution in [0, 0.1) is 0 Å². The maximum atomic E-state index is 12.3. The van der Waals surface area contributed by atoms with E-state index in [1.165, 1.54) is 0 Å². The summed E-state index contributed by atoms with van der Waals surface area (Å²) in [5.41, 5.74) is 0. The third-order valence-electron chi connectivity index (χ3n) is 2.33. The molecule has 0 spiro atoms. The number of carbonyl (C=O) groups excluding carboxylic acids is 1. The van der Waals surface area contributed by atoms with Gasteiger partial charge in [0.2, 0.25) is 5.91 Å². The van der Waals surface area contributed by atoms with Crippen LogP contribution in [0.1, 0.15) is 6.92 Å². The average molecular weight is 239 g/mol. The molecule has 1 saturated heterocycles. The van der Waals surface area contributed by atoms with E-state index in [2.05, 4.69) is 5.32 Å². The van der Waals surface area contributed by atoms with Gasteiger partial charge in [0.05, 0.1) is 13.2 Å². The van der Waals surface area contributed by atoms with Crippen molar-refractivity contribution in [1.29, 1.82) is 0 Å². The minimum Gasteiger partial charge on any atom is -0.448 e. The van der Waals surface area contributed by atoms with Gasteiger partial charge < -0.3 is 27.9 Å². The van der Waals surface area contributed by atoms with E-state index in [1.54, 1.807) is 6.92 Å². The maximum Gasteiger partial charge on any atom is 0.492 e. The van der Waals surface area contributed by atoms with Crippen molar-refractivity contribution in [3.63, 3.8) is 0 Å². The van der Waals surface area contributed by atoms with Gasteiger partial charge in [-0.25, -0.2) is 0 Å². The van der Waals surface area contributed by atoms with Gasteiger partial charge in [0, 0.05) is 13.1 Å². The molecular weight excluding hydrogens is 224 g/mol. The van der Waals surface area contributed by atoms with Gasteiger partial charge in [-0.05, 0) is 13.4 Å². The molecule has 1 amide bonds. The number of likely N-dealkylation sites (N-methyl/N-ethyl adjacent to an activating group) is 1. The number of morpholine rings is 1. The summed E-state index contributed by atoms with van der Waals surface area (Å²) in [6.07, 6.45) is -1.01. The fraction of sp³-hybridized carbons (Fsp3) is 0.875. The van der Waals surface area contributed by atoms with Crippen LogP contribution in [0.3, 0.4) is 0 Å². The van der Waals surface area contributed by atoms with Gasteiger partial charge in [-0.1, -0.05) is 0 Å². The summed E-state index contributed by atoms with van der Waals surface area (Å²) in [5.74, 6) is -0.401. The summed E-state index contributed by atoms with van der Waals surface area (Å²) >= 11 is 0. The van der Waals surface area contributed by atoms with E-state index in [4.69, 9.17) is 4.74 Å². The highest BCUT2D eigenvalue weighted by molar-refractivity contribution is 6.58. The van der Waals surface area contributed by atoms with E-state index < -0.39 is 25.4 Å². The Balaban J connectivity index is 2.60. The fourth-order valence-electron chi connectivity index (χ4n) is 1.66.